The minimum atomic E-state index is -0.348. The molecule has 1 N–H and O–H groups in total. The van der Waals surface area contributed by atoms with Crippen LogP contribution < -0.4 is 5.32 Å². The van der Waals surface area contributed by atoms with Crippen molar-refractivity contribution in [1.82, 2.24) is 20.4 Å². The number of hydrogen-bond acceptors (Lipinski definition) is 6. The second kappa shape index (κ2) is 6.68. The SMILES string of the molecule is Cc1nc2cc(C(=O)N[C@@H](C)c3nc(CC(C)C)no3)ccc2s1. The van der Waals surface area contributed by atoms with Crippen LogP contribution in [0.25, 0.3) is 10.2 Å². The molecule has 7 heteroatoms. The number of carbonyl (C=O) groups excluding carboxylic acids is 1. The van der Waals surface area contributed by atoms with Crippen LogP contribution >= 0.6 is 11.3 Å². The zero-order valence-corrected chi connectivity index (χ0v) is 15.0. The van der Waals surface area contributed by atoms with Crippen LogP contribution in [-0.2, 0) is 6.42 Å². The van der Waals surface area contributed by atoms with Crippen molar-refractivity contribution in [3.63, 3.8) is 0 Å². The van der Waals surface area contributed by atoms with E-state index in [2.05, 4.69) is 34.3 Å². The number of hydrogen-bond donors (Lipinski definition) is 1. The molecule has 6 nitrogen and oxygen atoms in total. The van der Waals surface area contributed by atoms with Gasteiger partial charge in [-0.3, -0.25) is 4.79 Å². The summed E-state index contributed by atoms with van der Waals surface area (Å²) < 4.78 is 6.33. The molecule has 1 atom stereocenters. The summed E-state index contributed by atoms with van der Waals surface area (Å²) >= 11 is 1.61. The van der Waals surface area contributed by atoms with Gasteiger partial charge in [-0.25, -0.2) is 4.98 Å². The average Bonchev–Trinajstić information content (AvgIpc) is 3.10. The number of nitrogens with zero attached hydrogens (tertiary/aromatic N) is 3. The van der Waals surface area contributed by atoms with Gasteiger partial charge in [-0.15, -0.1) is 11.3 Å². The number of amides is 1. The molecule has 0 radical (unpaired) electrons. The second-order valence-electron chi connectivity index (χ2n) is 6.26. The zero-order chi connectivity index (χ0) is 17.3. The standard InChI is InChI=1S/C17H20N4O2S/c1-9(2)7-15-20-17(23-21-15)10(3)18-16(22)12-5-6-14-13(8-12)19-11(4)24-14/h5-6,8-10H,7H2,1-4H3,(H,18,22)/t10-/m0/s1. The third-order valence-corrected chi connectivity index (χ3v) is 4.50. The Labute approximate surface area is 144 Å². The summed E-state index contributed by atoms with van der Waals surface area (Å²) in [7, 11) is 0. The van der Waals surface area contributed by atoms with Crippen molar-refractivity contribution in [2.75, 3.05) is 0 Å². The van der Waals surface area contributed by atoms with E-state index in [-0.39, 0.29) is 11.9 Å². The molecule has 3 rings (SSSR count). The van der Waals surface area contributed by atoms with E-state index in [4.69, 9.17) is 4.52 Å². The first-order chi connectivity index (χ1) is 11.4. The number of nitrogens with one attached hydrogen (secondary N) is 1. The number of fused-ring (bicyclic) bond motifs is 1. The summed E-state index contributed by atoms with van der Waals surface area (Å²) in [6.07, 6.45) is 0.754. The van der Waals surface area contributed by atoms with E-state index in [0.717, 1.165) is 21.6 Å². The van der Waals surface area contributed by atoms with Crippen LogP contribution in [0.4, 0.5) is 0 Å². The molecular formula is C17H20N4O2S. The third kappa shape index (κ3) is 3.62. The van der Waals surface area contributed by atoms with Gasteiger partial charge in [0, 0.05) is 12.0 Å². The average molecular weight is 344 g/mol. The monoisotopic (exact) mass is 344 g/mol. The fourth-order valence-corrected chi connectivity index (χ4v) is 3.22. The number of rotatable bonds is 5. The van der Waals surface area contributed by atoms with Crippen LogP contribution in [0.3, 0.4) is 0 Å². The van der Waals surface area contributed by atoms with Gasteiger partial charge in [-0.05, 0) is 38.0 Å². The highest BCUT2D eigenvalue weighted by atomic mass is 32.1. The number of aryl methyl sites for hydroxylation is 1. The fraction of sp³-hybridized carbons (Fsp3) is 0.412. The molecule has 0 aliphatic carbocycles. The first kappa shape index (κ1) is 16.6. The molecule has 0 unspecified atom stereocenters. The Morgan fingerprint density at radius 3 is 2.83 bits per heavy atom. The quantitative estimate of drug-likeness (QED) is 0.763. The molecule has 1 aromatic carbocycles. The summed E-state index contributed by atoms with van der Waals surface area (Å²) in [5, 5.41) is 7.83. The van der Waals surface area contributed by atoms with Gasteiger partial charge in [0.2, 0.25) is 5.89 Å². The zero-order valence-electron chi connectivity index (χ0n) is 14.2. The summed E-state index contributed by atoms with van der Waals surface area (Å²) in [6.45, 7) is 7.97. The van der Waals surface area contributed by atoms with E-state index in [1.165, 1.54) is 0 Å². The number of aromatic nitrogens is 3. The van der Waals surface area contributed by atoms with E-state index < -0.39 is 0 Å². The van der Waals surface area contributed by atoms with Crippen LogP contribution in [0.5, 0.6) is 0 Å². The number of benzene rings is 1. The van der Waals surface area contributed by atoms with Gasteiger partial charge in [0.25, 0.3) is 5.91 Å². The molecule has 0 saturated carbocycles. The van der Waals surface area contributed by atoms with Crippen LogP contribution in [0.1, 0.15) is 53.9 Å². The topological polar surface area (TPSA) is 80.9 Å². The molecule has 0 fully saturated rings. The van der Waals surface area contributed by atoms with E-state index in [1.807, 2.05) is 19.9 Å². The molecule has 3 aromatic rings. The summed E-state index contributed by atoms with van der Waals surface area (Å²) in [5.74, 6) is 1.36. The highest BCUT2D eigenvalue weighted by molar-refractivity contribution is 7.18. The largest absolute Gasteiger partial charge is 0.341 e. The Morgan fingerprint density at radius 1 is 1.29 bits per heavy atom. The Hall–Kier alpha value is -2.28. The van der Waals surface area contributed by atoms with Gasteiger partial charge in [0.05, 0.1) is 15.2 Å². The Kier molecular flexibility index (Phi) is 4.62. The van der Waals surface area contributed by atoms with Gasteiger partial charge in [-0.1, -0.05) is 19.0 Å². The number of carbonyl (C=O) groups is 1. The van der Waals surface area contributed by atoms with Crippen LogP contribution in [-0.4, -0.2) is 21.0 Å². The Morgan fingerprint density at radius 2 is 2.08 bits per heavy atom. The molecule has 0 bridgehead atoms. The highest BCUT2D eigenvalue weighted by Gasteiger charge is 2.18. The lowest BCUT2D eigenvalue weighted by molar-refractivity contribution is 0.0932. The predicted octanol–water partition coefficient (Wildman–Crippen LogP) is 3.68. The van der Waals surface area contributed by atoms with Gasteiger partial charge in [-0.2, -0.15) is 4.98 Å². The lowest BCUT2D eigenvalue weighted by Gasteiger charge is -2.09. The van der Waals surface area contributed by atoms with Gasteiger partial charge >= 0.3 is 0 Å². The maximum atomic E-state index is 12.4. The molecule has 1 amide bonds. The van der Waals surface area contributed by atoms with E-state index in [0.29, 0.717) is 23.2 Å². The second-order valence-corrected chi connectivity index (χ2v) is 7.49. The van der Waals surface area contributed by atoms with Gasteiger partial charge in [0.15, 0.2) is 5.82 Å². The van der Waals surface area contributed by atoms with Crippen molar-refractivity contribution in [2.45, 2.75) is 40.2 Å². The van der Waals surface area contributed by atoms with Gasteiger partial charge in [0.1, 0.15) is 6.04 Å². The van der Waals surface area contributed by atoms with Crippen LogP contribution in [0.15, 0.2) is 22.7 Å². The van der Waals surface area contributed by atoms with E-state index in [1.54, 1.807) is 23.5 Å². The molecular weight excluding hydrogens is 324 g/mol. The smallest absolute Gasteiger partial charge is 0.251 e. The van der Waals surface area contributed by atoms with Crippen LogP contribution in [0, 0.1) is 12.8 Å². The number of thiazole rings is 1. The third-order valence-electron chi connectivity index (χ3n) is 3.55. The molecule has 0 saturated heterocycles. The first-order valence-corrected chi connectivity index (χ1v) is 8.74. The molecule has 0 aliphatic rings. The van der Waals surface area contributed by atoms with Crippen molar-refractivity contribution in [2.24, 2.45) is 5.92 Å². The van der Waals surface area contributed by atoms with Crippen LogP contribution in [0.2, 0.25) is 0 Å². The Balaban J connectivity index is 1.71. The fourth-order valence-electron chi connectivity index (χ4n) is 2.42. The Bertz CT molecular complexity index is 868. The van der Waals surface area contributed by atoms with Crippen molar-refractivity contribution in [3.05, 3.63) is 40.5 Å². The van der Waals surface area contributed by atoms with E-state index >= 15 is 0 Å². The molecule has 24 heavy (non-hydrogen) atoms. The van der Waals surface area contributed by atoms with Crippen molar-refractivity contribution in [1.29, 1.82) is 0 Å². The molecule has 0 aliphatic heterocycles. The first-order valence-electron chi connectivity index (χ1n) is 7.93. The summed E-state index contributed by atoms with van der Waals surface area (Å²) in [5.41, 5.74) is 1.41. The van der Waals surface area contributed by atoms with Gasteiger partial charge < -0.3 is 9.84 Å². The summed E-state index contributed by atoms with van der Waals surface area (Å²) in [6, 6.07) is 5.19. The molecule has 0 spiro atoms. The highest BCUT2D eigenvalue weighted by Crippen LogP contribution is 2.22. The minimum Gasteiger partial charge on any atom is -0.341 e. The normalized spacial score (nSPS) is 12.7. The van der Waals surface area contributed by atoms with Crippen molar-refractivity contribution >= 4 is 27.5 Å². The van der Waals surface area contributed by atoms with E-state index in [9.17, 15) is 4.79 Å². The molecule has 2 aromatic heterocycles. The maximum absolute atomic E-state index is 12.4. The molecule has 2 heterocycles. The molecule has 126 valence electrons. The van der Waals surface area contributed by atoms with Crippen molar-refractivity contribution < 1.29 is 9.32 Å². The predicted molar refractivity (Wildman–Crippen MR) is 93.1 cm³/mol. The summed E-state index contributed by atoms with van der Waals surface area (Å²) in [4.78, 5) is 21.2. The maximum Gasteiger partial charge on any atom is 0.251 e. The van der Waals surface area contributed by atoms with Crippen molar-refractivity contribution in [3.8, 4) is 0 Å². The lowest BCUT2D eigenvalue weighted by Crippen LogP contribution is -2.26. The minimum absolute atomic E-state index is 0.182. The lowest BCUT2D eigenvalue weighted by atomic mass is 10.1.